The van der Waals surface area contributed by atoms with Crippen LogP contribution in [0.3, 0.4) is 0 Å². The van der Waals surface area contributed by atoms with Gasteiger partial charge in [0, 0.05) is 0 Å². The Bertz CT molecular complexity index is 683. The number of unbranched alkanes of at least 4 members (excludes halogenated alkanes) is 4. The second-order valence-corrected chi connectivity index (χ2v) is 21.5. The van der Waals surface area contributed by atoms with Crippen LogP contribution in [-0.2, 0) is 9.53 Å². The van der Waals surface area contributed by atoms with Gasteiger partial charge in [0.15, 0.2) is 0 Å². The van der Waals surface area contributed by atoms with Crippen LogP contribution in [0.1, 0.15) is 89.7 Å². The molecule has 1 rings (SSSR count). The first-order valence-electron chi connectivity index (χ1n) is 11.8. The van der Waals surface area contributed by atoms with Crippen molar-refractivity contribution in [1.29, 1.82) is 5.26 Å². The summed E-state index contributed by atoms with van der Waals surface area (Å²) in [5.41, 5.74) is 2.01. The van der Waals surface area contributed by atoms with Gasteiger partial charge in [0.05, 0.1) is 0 Å². The van der Waals surface area contributed by atoms with Gasteiger partial charge in [-0.1, -0.05) is 0 Å². The summed E-state index contributed by atoms with van der Waals surface area (Å²) in [4.78, 5) is 11.6. The van der Waals surface area contributed by atoms with Gasteiger partial charge in [0.2, 0.25) is 0 Å². The van der Waals surface area contributed by atoms with E-state index in [-0.39, 0.29) is 5.97 Å². The van der Waals surface area contributed by atoms with Crippen LogP contribution in [0.25, 0.3) is 3.59 Å². The number of hydrogen-bond acceptors (Lipinski definition) is 3. The van der Waals surface area contributed by atoms with Crippen molar-refractivity contribution in [1.82, 2.24) is 0 Å². The van der Waals surface area contributed by atoms with Crippen LogP contribution < -0.4 is 0 Å². The van der Waals surface area contributed by atoms with Crippen molar-refractivity contribution < 1.29 is 9.53 Å². The standard InChI is InChI=1S/C14H14NO2.3C4H9.Sn/c1-17-14(16)9-4-2-3-6-12-7-5-8-13(10-12)11-15;3*1-3-4-2;/h3,5,7-8,10H,2,4,9H2,1H3;3*1,3-4H2,2H3;. The van der Waals surface area contributed by atoms with Crippen molar-refractivity contribution in [3.05, 3.63) is 41.5 Å². The predicted molar refractivity (Wildman–Crippen MR) is 130 cm³/mol. The summed E-state index contributed by atoms with van der Waals surface area (Å²) in [6, 6.07) is 10.6. The molecule has 0 spiro atoms. The van der Waals surface area contributed by atoms with E-state index in [4.69, 9.17) is 4.74 Å². The number of esters is 1. The SMILES string of the molecule is CCC[CH2][Sn]([CH2]CCC)([CH2]CCC)/[C](=C/CCCC(=O)OC)c1cccc(C#N)c1. The van der Waals surface area contributed by atoms with Crippen LogP contribution in [0, 0.1) is 11.3 Å². The number of methoxy groups -OCH3 is 1. The Morgan fingerprint density at radius 2 is 1.63 bits per heavy atom. The van der Waals surface area contributed by atoms with Gasteiger partial charge in [0.25, 0.3) is 0 Å². The average molecular weight is 518 g/mol. The average Bonchev–Trinajstić information content (AvgIpc) is 2.79. The number of carbonyl (C=O) groups is 1. The molecular weight excluding hydrogens is 477 g/mol. The molecule has 0 saturated heterocycles. The van der Waals surface area contributed by atoms with Crippen molar-refractivity contribution in [3.63, 3.8) is 0 Å². The molecule has 0 aliphatic heterocycles. The number of hydrogen-bond donors (Lipinski definition) is 0. The van der Waals surface area contributed by atoms with Crippen LogP contribution in [0.5, 0.6) is 0 Å². The van der Waals surface area contributed by atoms with Crippen molar-refractivity contribution >= 4 is 27.9 Å². The third-order valence-electron chi connectivity index (χ3n) is 6.06. The molecule has 0 unspecified atom stereocenters. The van der Waals surface area contributed by atoms with Crippen molar-refractivity contribution in [3.8, 4) is 6.07 Å². The molecule has 30 heavy (non-hydrogen) atoms. The Balaban J connectivity index is 3.39. The maximum atomic E-state index is 11.6. The van der Waals surface area contributed by atoms with E-state index < -0.39 is 18.4 Å². The summed E-state index contributed by atoms with van der Waals surface area (Å²) in [6.07, 6.45) is 12.3. The molecule has 0 radical (unpaired) electrons. The van der Waals surface area contributed by atoms with Crippen LogP contribution in [0.4, 0.5) is 0 Å². The molecule has 0 heterocycles. The fourth-order valence-electron chi connectivity index (χ4n) is 4.32. The quantitative estimate of drug-likeness (QED) is 0.136. The van der Waals surface area contributed by atoms with Gasteiger partial charge in [0.1, 0.15) is 0 Å². The molecule has 1 aromatic rings. The van der Waals surface area contributed by atoms with Gasteiger partial charge < -0.3 is 0 Å². The zero-order valence-corrected chi connectivity index (χ0v) is 22.5. The van der Waals surface area contributed by atoms with E-state index >= 15 is 0 Å². The summed E-state index contributed by atoms with van der Waals surface area (Å²) in [7, 11) is 1.46. The van der Waals surface area contributed by atoms with Crippen LogP contribution in [0.15, 0.2) is 30.3 Å². The van der Waals surface area contributed by atoms with E-state index in [2.05, 4.69) is 45.0 Å². The molecule has 166 valence electrons. The number of carbonyl (C=O) groups excluding carboxylic acids is 1. The third kappa shape index (κ3) is 8.84. The zero-order chi connectivity index (χ0) is 22.2. The van der Waals surface area contributed by atoms with E-state index in [0.29, 0.717) is 6.42 Å². The second-order valence-electron chi connectivity index (χ2n) is 8.37. The molecule has 0 aromatic heterocycles. The minimum absolute atomic E-state index is 0.130. The van der Waals surface area contributed by atoms with Gasteiger partial charge in [-0.25, -0.2) is 0 Å². The molecular formula is C26H41NO2Sn. The minimum atomic E-state index is -2.66. The second kappa shape index (κ2) is 15.5. The van der Waals surface area contributed by atoms with Gasteiger partial charge >= 0.3 is 189 Å². The van der Waals surface area contributed by atoms with Gasteiger partial charge in [-0.15, -0.1) is 0 Å². The Hall–Kier alpha value is -1.28. The maximum absolute atomic E-state index is 11.6. The number of nitriles is 1. The molecule has 3 nitrogen and oxygen atoms in total. The van der Waals surface area contributed by atoms with Crippen LogP contribution >= 0.6 is 0 Å². The molecule has 1 aromatic carbocycles. The normalized spacial score (nSPS) is 11.9. The summed E-state index contributed by atoms with van der Waals surface area (Å²) in [5.74, 6) is -0.130. The number of benzene rings is 1. The number of ether oxygens (including phenoxy) is 1. The van der Waals surface area contributed by atoms with Gasteiger partial charge in [-0.2, -0.15) is 0 Å². The topological polar surface area (TPSA) is 50.1 Å². The molecule has 0 saturated carbocycles. The molecule has 0 N–H and O–H groups in total. The van der Waals surface area contributed by atoms with Crippen LogP contribution in [0.2, 0.25) is 13.3 Å². The van der Waals surface area contributed by atoms with Crippen molar-refractivity contribution in [2.45, 2.75) is 91.9 Å². The molecule has 0 fully saturated rings. The molecule has 0 amide bonds. The van der Waals surface area contributed by atoms with E-state index in [1.54, 1.807) is 3.59 Å². The third-order valence-corrected chi connectivity index (χ3v) is 22.0. The predicted octanol–water partition coefficient (Wildman–Crippen LogP) is 7.67. The molecule has 0 aliphatic carbocycles. The Kier molecular flexibility index (Phi) is 13.8. The van der Waals surface area contributed by atoms with Crippen molar-refractivity contribution in [2.24, 2.45) is 0 Å². The first-order chi connectivity index (χ1) is 14.6. The molecule has 0 aliphatic rings. The number of allylic oxidation sites excluding steroid dienone is 1. The Morgan fingerprint density at radius 1 is 1.03 bits per heavy atom. The summed E-state index contributed by atoms with van der Waals surface area (Å²) in [6.45, 7) is 6.89. The summed E-state index contributed by atoms with van der Waals surface area (Å²) >= 11 is -2.66. The zero-order valence-electron chi connectivity index (χ0n) is 19.6. The van der Waals surface area contributed by atoms with E-state index in [0.717, 1.165) is 18.4 Å². The summed E-state index contributed by atoms with van der Waals surface area (Å²) < 4.78 is 10.6. The molecule has 0 bridgehead atoms. The van der Waals surface area contributed by atoms with E-state index in [9.17, 15) is 10.1 Å². The van der Waals surface area contributed by atoms with Gasteiger partial charge in [-0.05, 0) is 0 Å². The Labute approximate surface area is 188 Å². The fourth-order valence-corrected chi connectivity index (χ4v) is 21.4. The summed E-state index contributed by atoms with van der Waals surface area (Å²) in [5, 5.41) is 9.47. The monoisotopic (exact) mass is 519 g/mol. The van der Waals surface area contributed by atoms with E-state index in [1.807, 2.05) is 12.1 Å². The first-order valence-corrected chi connectivity index (χ1v) is 19.3. The van der Waals surface area contributed by atoms with E-state index in [1.165, 1.54) is 64.5 Å². The molecule has 0 atom stereocenters. The van der Waals surface area contributed by atoms with Crippen molar-refractivity contribution in [2.75, 3.05) is 7.11 Å². The first kappa shape index (κ1) is 26.8. The Morgan fingerprint density at radius 3 is 2.13 bits per heavy atom. The number of nitrogens with zero attached hydrogens (tertiary/aromatic N) is 1. The number of rotatable bonds is 15. The van der Waals surface area contributed by atoms with Gasteiger partial charge in [-0.3, -0.25) is 0 Å². The van der Waals surface area contributed by atoms with Crippen LogP contribution in [-0.4, -0.2) is 31.5 Å². The fraction of sp³-hybridized carbons (Fsp3) is 0.615. The molecule has 4 heteroatoms.